The van der Waals surface area contributed by atoms with Crippen LogP contribution in [0.15, 0.2) is 146 Å². The second-order valence-electron chi connectivity index (χ2n) is 22.6. The average molecular weight is 1150 g/mol. The molecule has 2 unspecified atom stereocenters. The van der Waals surface area contributed by atoms with Crippen LogP contribution < -0.4 is 5.11 Å². The molecule has 0 aliphatic heterocycles. The number of nitrogens with zero attached hydrogens (tertiary/aromatic N) is 1. The van der Waals surface area contributed by atoms with E-state index in [2.05, 4.69) is 160 Å². The predicted octanol–water partition coefficient (Wildman–Crippen LogP) is 19.0. The van der Waals surface area contributed by atoms with Crippen LogP contribution in [0, 0.1) is 0 Å². The maximum Gasteiger partial charge on any atom is 0.306 e. The zero-order valence-electron chi connectivity index (χ0n) is 53.5. The van der Waals surface area contributed by atoms with Crippen LogP contribution in [0.25, 0.3) is 0 Å². The highest BCUT2D eigenvalue weighted by molar-refractivity contribution is 5.70. The van der Waals surface area contributed by atoms with Crippen molar-refractivity contribution in [3.8, 4) is 0 Å². The van der Waals surface area contributed by atoms with E-state index in [1.165, 1.54) is 96.3 Å². The van der Waals surface area contributed by atoms with Crippen molar-refractivity contribution in [3.05, 3.63) is 146 Å². The SMILES string of the molecule is CC/C=C\C/C=C\C/C=C\C/C=C\C/C=C\C/C=C\C/C=C\CCCCCC(=O)OC(COC(=O)CCCCCCCCCCCCCCCCCCC/C=C\C/C=C\C/C=C\C/C=C\C/C=C\CC)COC(OCC[N+](C)(C)C)C(=O)[O-]. The van der Waals surface area contributed by atoms with Crippen LogP contribution in [-0.2, 0) is 33.3 Å². The molecule has 0 aromatic heterocycles. The predicted molar refractivity (Wildman–Crippen MR) is 352 cm³/mol. The molecule has 0 heterocycles. The minimum atomic E-state index is -1.64. The Kier molecular flexibility index (Phi) is 59.5. The first-order valence-corrected chi connectivity index (χ1v) is 33.0. The smallest absolute Gasteiger partial charge is 0.306 e. The molecule has 9 heteroatoms. The maximum atomic E-state index is 12.9. The van der Waals surface area contributed by atoms with E-state index in [4.69, 9.17) is 18.9 Å². The van der Waals surface area contributed by atoms with Crippen molar-refractivity contribution in [2.75, 3.05) is 47.5 Å². The lowest BCUT2D eigenvalue weighted by Crippen LogP contribution is -2.44. The van der Waals surface area contributed by atoms with Crippen molar-refractivity contribution in [3.63, 3.8) is 0 Å². The summed E-state index contributed by atoms with van der Waals surface area (Å²) in [5.41, 5.74) is 0. The second kappa shape index (κ2) is 63.2. The van der Waals surface area contributed by atoms with Gasteiger partial charge in [-0.1, -0.05) is 262 Å². The molecule has 0 amide bonds. The molecule has 0 saturated carbocycles. The Balaban J connectivity index is 4.21. The summed E-state index contributed by atoms with van der Waals surface area (Å²) in [6.07, 6.45) is 89.2. The number of carboxylic acids is 1. The molecule has 0 bridgehead atoms. The number of carbonyl (C=O) groups is 3. The van der Waals surface area contributed by atoms with Crippen LogP contribution in [0.5, 0.6) is 0 Å². The van der Waals surface area contributed by atoms with Crippen LogP contribution in [0.4, 0.5) is 0 Å². The van der Waals surface area contributed by atoms with Gasteiger partial charge in [-0.25, -0.2) is 0 Å². The number of carboxylic acid groups (broad SMARTS) is 1. The Hall–Kier alpha value is -4.83. The molecule has 0 aliphatic rings. The minimum absolute atomic E-state index is 0.134. The standard InChI is InChI=1S/C74H121NO8/c1-6-8-10-12-14-16-18-20-22-24-26-28-30-32-33-34-35-36-37-38-39-41-42-44-46-48-50-52-54-56-58-60-62-64-71(76)81-68-70(69-82-74(73(78)79)80-67-66-75(3,4)5)83-72(77)65-63-61-59-57-55-53-51-49-47-45-43-40-31-29-27-25-23-21-19-17-15-13-11-9-7-2/h8-11,14-17,20-23,26-29,32-33,40,43,47,49,53,55,70,74H,6-7,12-13,18-19,24-25,30-31,34-39,41-42,44-46,48,50-52,54,56-69H2,1-5H3/b10-8-,11-9-,16-14-,17-15-,22-20-,23-21-,28-26-,29-27-,33-32-,43-40-,49-47-,55-53-. The summed E-state index contributed by atoms with van der Waals surface area (Å²) < 4.78 is 22.7. The number of likely N-dealkylation sites (N-methyl/N-ethyl adjacent to an activating group) is 1. The van der Waals surface area contributed by atoms with E-state index < -0.39 is 24.3 Å². The molecule has 0 spiro atoms. The third kappa shape index (κ3) is 64.6. The van der Waals surface area contributed by atoms with Gasteiger partial charge in [-0.2, -0.15) is 0 Å². The van der Waals surface area contributed by atoms with Crippen LogP contribution in [-0.4, -0.2) is 82.3 Å². The Morgan fingerprint density at radius 2 is 0.651 bits per heavy atom. The van der Waals surface area contributed by atoms with Gasteiger partial charge in [0.05, 0.1) is 40.3 Å². The number of hydrogen-bond acceptors (Lipinski definition) is 8. The first-order chi connectivity index (χ1) is 40.6. The van der Waals surface area contributed by atoms with E-state index >= 15 is 0 Å². The van der Waals surface area contributed by atoms with Gasteiger partial charge in [-0.15, -0.1) is 0 Å². The van der Waals surface area contributed by atoms with Gasteiger partial charge in [0.25, 0.3) is 0 Å². The summed E-state index contributed by atoms with van der Waals surface area (Å²) in [5.74, 6) is -2.34. The lowest BCUT2D eigenvalue weighted by molar-refractivity contribution is -0.870. The number of quaternary nitrogens is 1. The lowest BCUT2D eigenvalue weighted by atomic mass is 10.0. The van der Waals surface area contributed by atoms with Crippen molar-refractivity contribution in [2.24, 2.45) is 0 Å². The number of rotatable bonds is 59. The Morgan fingerprint density at radius 3 is 0.976 bits per heavy atom. The highest BCUT2D eigenvalue weighted by atomic mass is 16.7. The van der Waals surface area contributed by atoms with Gasteiger partial charge >= 0.3 is 11.9 Å². The fraction of sp³-hybridized carbons (Fsp3) is 0.635. The van der Waals surface area contributed by atoms with Gasteiger partial charge in [0.15, 0.2) is 12.4 Å². The molecule has 9 nitrogen and oxygen atoms in total. The molecule has 0 saturated heterocycles. The number of esters is 2. The first kappa shape index (κ1) is 78.2. The fourth-order valence-electron chi connectivity index (χ4n) is 8.60. The van der Waals surface area contributed by atoms with Gasteiger partial charge in [-0.3, -0.25) is 9.59 Å². The van der Waals surface area contributed by atoms with Crippen LogP contribution in [0.1, 0.15) is 245 Å². The number of carbonyl (C=O) groups excluding carboxylic acids is 3. The summed E-state index contributed by atoms with van der Waals surface area (Å²) in [5, 5.41) is 11.8. The zero-order chi connectivity index (χ0) is 60.5. The van der Waals surface area contributed by atoms with Gasteiger partial charge in [0, 0.05) is 12.8 Å². The molecule has 83 heavy (non-hydrogen) atoms. The maximum absolute atomic E-state index is 12.9. The normalized spacial score (nSPS) is 13.7. The van der Waals surface area contributed by atoms with E-state index in [1.54, 1.807) is 0 Å². The second-order valence-corrected chi connectivity index (χ2v) is 22.6. The number of unbranched alkanes of at least 4 members (excludes halogenated alkanes) is 20. The summed E-state index contributed by atoms with van der Waals surface area (Å²) in [4.78, 5) is 37.4. The first-order valence-electron chi connectivity index (χ1n) is 33.0. The molecule has 0 rings (SSSR count). The topological polar surface area (TPSA) is 111 Å². The molecule has 0 aromatic carbocycles. The molecule has 470 valence electrons. The van der Waals surface area contributed by atoms with E-state index in [0.29, 0.717) is 17.4 Å². The number of ether oxygens (including phenoxy) is 4. The van der Waals surface area contributed by atoms with E-state index in [1.807, 2.05) is 21.1 Å². The molecule has 2 atom stereocenters. The van der Waals surface area contributed by atoms with E-state index in [-0.39, 0.29) is 38.6 Å². The molecule has 0 aliphatic carbocycles. The largest absolute Gasteiger partial charge is 0.545 e. The lowest BCUT2D eigenvalue weighted by Gasteiger charge is -2.26. The van der Waals surface area contributed by atoms with E-state index in [9.17, 15) is 19.5 Å². The van der Waals surface area contributed by atoms with Crippen molar-refractivity contribution < 1.29 is 42.9 Å². The number of hydrogen-bond donors (Lipinski definition) is 0. The number of allylic oxidation sites excluding steroid dienone is 24. The van der Waals surface area contributed by atoms with Crippen LogP contribution in [0.2, 0.25) is 0 Å². The molecular formula is C74H121NO8. The van der Waals surface area contributed by atoms with Crippen molar-refractivity contribution in [1.82, 2.24) is 0 Å². The Morgan fingerprint density at radius 1 is 0.361 bits per heavy atom. The fourth-order valence-corrected chi connectivity index (χ4v) is 8.60. The van der Waals surface area contributed by atoms with Gasteiger partial charge in [0.1, 0.15) is 13.2 Å². The quantitative estimate of drug-likeness (QED) is 0.0195. The van der Waals surface area contributed by atoms with Crippen molar-refractivity contribution in [1.29, 1.82) is 0 Å². The van der Waals surface area contributed by atoms with Crippen LogP contribution in [0.3, 0.4) is 0 Å². The zero-order valence-corrected chi connectivity index (χ0v) is 53.5. The van der Waals surface area contributed by atoms with E-state index in [0.717, 1.165) is 116 Å². The van der Waals surface area contributed by atoms with Crippen molar-refractivity contribution >= 4 is 17.9 Å². The highest BCUT2D eigenvalue weighted by Crippen LogP contribution is 2.16. The summed E-state index contributed by atoms with van der Waals surface area (Å²) in [6.45, 7) is 4.47. The Bertz CT molecular complexity index is 1870. The van der Waals surface area contributed by atoms with Gasteiger partial charge < -0.3 is 33.3 Å². The van der Waals surface area contributed by atoms with Gasteiger partial charge in [0.2, 0.25) is 0 Å². The minimum Gasteiger partial charge on any atom is -0.545 e. The molecular weight excluding hydrogens is 1030 g/mol. The molecule has 0 aromatic rings. The van der Waals surface area contributed by atoms with Gasteiger partial charge in [-0.05, 0) is 116 Å². The third-order valence-electron chi connectivity index (χ3n) is 13.6. The molecule has 0 fully saturated rings. The summed E-state index contributed by atoms with van der Waals surface area (Å²) >= 11 is 0. The monoisotopic (exact) mass is 1150 g/mol. The third-order valence-corrected chi connectivity index (χ3v) is 13.6. The molecule has 0 N–H and O–H groups in total. The summed E-state index contributed by atoms with van der Waals surface area (Å²) in [7, 11) is 5.91. The molecule has 0 radical (unpaired) electrons. The number of aliphatic carboxylic acids is 1. The average Bonchev–Trinajstić information content (AvgIpc) is 3.46. The Labute approximate surface area is 509 Å². The summed E-state index contributed by atoms with van der Waals surface area (Å²) in [6, 6.07) is 0. The highest BCUT2D eigenvalue weighted by Gasteiger charge is 2.22. The van der Waals surface area contributed by atoms with Crippen LogP contribution >= 0.6 is 0 Å². The van der Waals surface area contributed by atoms with Crippen molar-refractivity contribution in [2.45, 2.75) is 257 Å².